The molecule has 0 radical (unpaired) electrons. The Balaban J connectivity index is 0. The highest BCUT2D eigenvalue weighted by Crippen LogP contribution is 2.09. The van der Waals surface area contributed by atoms with Crippen LogP contribution in [0.25, 0.3) is 0 Å². The zero-order valence-corrected chi connectivity index (χ0v) is 12.5. The van der Waals surface area contributed by atoms with Crippen molar-refractivity contribution in [2.24, 2.45) is 0 Å². The number of carbonyl (C=O) groups excluding carboxylic acids is 2. The Labute approximate surface area is 119 Å². The van der Waals surface area contributed by atoms with E-state index in [0.29, 0.717) is 13.2 Å². The van der Waals surface area contributed by atoms with Gasteiger partial charge < -0.3 is 14.2 Å². The highest BCUT2D eigenvalue weighted by Gasteiger charge is 2.15. The first-order chi connectivity index (χ1) is 9.32. The van der Waals surface area contributed by atoms with Gasteiger partial charge in [0, 0.05) is 0 Å². The Kier molecular flexibility index (Phi) is 12.3. The zero-order valence-electron chi connectivity index (χ0n) is 12.5. The maximum absolute atomic E-state index is 10.8. The van der Waals surface area contributed by atoms with Gasteiger partial charge in [-0.2, -0.15) is 0 Å². The first kappa shape index (κ1) is 20.3. The summed E-state index contributed by atoms with van der Waals surface area (Å²) in [6, 6.07) is 0. The van der Waals surface area contributed by atoms with Gasteiger partial charge in [0.15, 0.2) is 0 Å². The van der Waals surface area contributed by atoms with E-state index in [9.17, 15) is 9.59 Å². The number of hydrogen-bond acceptors (Lipinski definition) is 6. The molecule has 0 aromatic rings. The van der Waals surface area contributed by atoms with E-state index in [4.69, 9.17) is 10.3 Å². The van der Waals surface area contributed by atoms with Crippen LogP contribution in [0.15, 0.2) is 12.7 Å². The van der Waals surface area contributed by atoms with Crippen molar-refractivity contribution in [3.8, 4) is 0 Å². The molecule has 7 heteroatoms. The van der Waals surface area contributed by atoms with Crippen LogP contribution in [0.5, 0.6) is 0 Å². The number of rotatable bonds is 7. The highest BCUT2D eigenvalue weighted by atomic mass is 16.6. The lowest BCUT2D eigenvalue weighted by molar-refractivity contribution is -0.152. The van der Waals surface area contributed by atoms with Gasteiger partial charge >= 0.3 is 18.2 Å². The summed E-state index contributed by atoms with van der Waals surface area (Å²) in [5.41, 5.74) is 5.71. The lowest BCUT2D eigenvalue weighted by Gasteiger charge is -2.19. The fourth-order valence-electron chi connectivity index (χ4n) is 0.739. The van der Waals surface area contributed by atoms with Crippen molar-refractivity contribution in [2.45, 2.75) is 33.3 Å². The molecule has 0 atom stereocenters. The van der Waals surface area contributed by atoms with Gasteiger partial charge in [0.25, 0.3) is 0 Å². The smallest absolute Gasteiger partial charge is 0.418 e. The molecule has 0 aliphatic carbocycles. The monoisotopic (exact) mass is 287 g/mol. The van der Waals surface area contributed by atoms with Gasteiger partial charge in [0.2, 0.25) is 0 Å². The van der Waals surface area contributed by atoms with Gasteiger partial charge in [0.05, 0.1) is 29.1 Å². The zero-order chi connectivity index (χ0) is 16.0. The van der Waals surface area contributed by atoms with Crippen molar-refractivity contribution < 1.29 is 28.6 Å². The molecule has 114 valence electrons. The summed E-state index contributed by atoms with van der Waals surface area (Å²) in [6.45, 7) is 11.4. The van der Waals surface area contributed by atoms with Gasteiger partial charge in [-0.1, -0.05) is 6.08 Å². The van der Waals surface area contributed by atoms with E-state index >= 15 is 0 Å². The molecule has 0 aliphatic heterocycles. The van der Waals surface area contributed by atoms with Crippen LogP contribution in [0.4, 0.5) is 0 Å². The number of carbonyl (C=O) groups is 2. The molecule has 0 spiro atoms. The molecule has 0 fully saturated rings. The quantitative estimate of drug-likeness (QED) is 0.251. The van der Waals surface area contributed by atoms with E-state index in [0.717, 1.165) is 6.21 Å². The van der Waals surface area contributed by atoms with Crippen LogP contribution in [0, 0.1) is 5.53 Å². The van der Waals surface area contributed by atoms with Crippen molar-refractivity contribution in [2.75, 3.05) is 19.8 Å². The minimum atomic E-state index is -0.567. The Morgan fingerprint density at radius 3 is 2.20 bits per heavy atom. The van der Waals surface area contributed by atoms with Crippen molar-refractivity contribution in [1.82, 2.24) is 0 Å². The number of nitrogens with zero attached hydrogens (tertiary/aromatic N) is 1. The number of esters is 2. The third-order valence-electron chi connectivity index (χ3n) is 1.82. The second-order valence-electron chi connectivity index (χ2n) is 3.91. The van der Waals surface area contributed by atoms with Crippen molar-refractivity contribution in [3.05, 3.63) is 12.7 Å². The Hall–Kier alpha value is -1.98. The van der Waals surface area contributed by atoms with E-state index in [2.05, 4.69) is 20.8 Å². The summed E-state index contributed by atoms with van der Waals surface area (Å²) >= 11 is 0. The molecule has 0 aromatic heterocycles. The molecule has 1 N–H and O–H groups in total. The van der Waals surface area contributed by atoms with E-state index in [1.807, 2.05) is 13.8 Å². The molecule has 0 heterocycles. The third kappa shape index (κ3) is 14.1. The molecule has 20 heavy (non-hydrogen) atoms. The lowest BCUT2D eigenvalue weighted by Crippen LogP contribution is -2.25. The molecule has 0 saturated carbocycles. The van der Waals surface area contributed by atoms with Crippen LogP contribution in [-0.2, 0) is 23.8 Å². The predicted molar refractivity (Wildman–Crippen MR) is 72.5 cm³/mol. The maximum atomic E-state index is 10.8. The van der Waals surface area contributed by atoms with Crippen molar-refractivity contribution in [1.29, 1.82) is 5.53 Å². The molecule has 0 unspecified atom stereocenters. The van der Waals surface area contributed by atoms with Gasteiger partial charge in [-0.3, -0.25) is 0 Å². The minimum Gasteiger partial charge on any atom is -0.464 e. The Morgan fingerprint density at radius 1 is 1.25 bits per heavy atom. The van der Waals surface area contributed by atoms with Crippen LogP contribution in [0.2, 0.25) is 0 Å². The highest BCUT2D eigenvalue weighted by molar-refractivity contribution is 6.20. The molecule has 0 saturated heterocycles. The normalized spacial score (nSPS) is 9.40. The van der Waals surface area contributed by atoms with Gasteiger partial charge in [-0.25, -0.2) is 9.59 Å². The van der Waals surface area contributed by atoms with Crippen LogP contribution < -0.4 is 0 Å². The summed E-state index contributed by atoms with van der Waals surface area (Å²) < 4.78 is 14.3. The fraction of sp³-hybridized carbons (Fsp3) is 0.615. The summed E-state index contributed by atoms with van der Waals surface area (Å²) in [7, 11) is 0. The van der Waals surface area contributed by atoms with E-state index in [-0.39, 0.29) is 12.6 Å². The molecular formula is C13H23N2O5+. The average Bonchev–Trinajstić information content (AvgIpc) is 2.38. The molecular weight excluding hydrogens is 264 g/mol. The summed E-state index contributed by atoms with van der Waals surface area (Å²) in [5.74, 6) is -0.907. The lowest BCUT2D eigenvalue weighted by atomic mass is 10.1. The average molecular weight is 287 g/mol. The minimum absolute atomic E-state index is 0.0210. The number of hydrogen-bond donors (Lipinski definition) is 1. The predicted octanol–water partition coefficient (Wildman–Crippen LogP) is 1.39. The SMILES string of the molecule is C=CC(C)(C)OCC(=O)OCC.CCOC(=O)C=[N+]=N. The standard InChI is InChI=1S/C9H16O3.C4H7N2O2/c1-5-9(3,4)12-7-8(10)11-6-2;1-2-8-4(7)3-6-5/h5H,1,6-7H2,2-4H3;3,5H,2H2,1H3/q;+1. The second-order valence-corrected chi connectivity index (χ2v) is 3.91. The second kappa shape index (κ2) is 12.1. The molecule has 0 aromatic carbocycles. The third-order valence-corrected chi connectivity index (χ3v) is 1.82. The van der Waals surface area contributed by atoms with Gasteiger partial charge in [-0.15, -0.1) is 6.58 Å². The topological polar surface area (TPSA) is 99.8 Å². The van der Waals surface area contributed by atoms with E-state index in [1.165, 1.54) is 0 Å². The molecule has 0 amide bonds. The van der Waals surface area contributed by atoms with Crippen molar-refractivity contribution >= 4 is 18.2 Å². The summed E-state index contributed by atoms with van der Waals surface area (Å²) in [4.78, 5) is 23.7. The van der Waals surface area contributed by atoms with E-state index < -0.39 is 11.6 Å². The fourth-order valence-corrected chi connectivity index (χ4v) is 0.739. The number of ether oxygens (including phenoxy) is 3. The molecule has 0 rings (SSSR count). The van der Waals surface area contributed by atoms with Crippen LogP contribution in [0.1, 0.15) is 27.7 Å². The van der Waals surface area contributed by atoms with Crippen molar-refractivity contribution in [3.63, 3.8) is 0 Å². The van der Waals surface area contributed by atoms with Gasteiger partial charge in [0.1, 0.15) is 6.61 Å². The Bertz CT molecular complexity index is 360. The maximum Gasteiger partial charge on any atom is 0.418 e. The largest absolute Gasteiger partial charge is 0.464 e. The van der Waals surface area contributed by atoms with Crippen LogP contribution in [0.3, 0.4) is 0 Å². The van der Waals surface area contributed by atoms with E-state index in [1.54, 1.807) is 19.9 Å². The first-order valence-corrected chi connectivity index (χ1v) is 6.12. The Morgan fingerprint density at radius 2 is 1.80 bits per heavy atom. The molecule has 0 aliphatic rings. The van der Waals surface area contributed by atoms with Crippen LogP contribution in [-0.4, -0.2) is 48.4 Å². The first-order valence-electron chi connectivity index (χ1n) is 6.12. The summed E-state index contributed by atoms with van der Waals surface area (Å²) in [6.07, 6.45) is 2.45. The molecule has 0 bridgehead atoms. The van der Waals surface area contributed by atoms with Gasteiger partial charge in [-0.05, 0) is 27.7 Å². The van der Waals surface area contributed by atoms with Crippen LogP contribution >= 0.6 is 0 Å². The molecule has 7 nitrogen and oxygen atoms in total. The summed E-state index contributed by atoms with van der Waals surface area (Å²) in [5, 5.41) is 0. The number of nitrogens with one attached hydrogen (secondary N) is 1.